The van der Waals surface area contributed by atoms with Gasteiger partial charge in [0, 0.05) is 26.7 Å². The second-order valence-corrected chi connectivity index (χ2v) is 8.99. The molecule has 2 aromatic rings. The SMILES string of the molecule is Cl.Cn1c(=O)n(C2CCC(=O)NC2=O)c2ccc(CCCOCCOCC3CCNCC3)cc21. The molecule has 0 saturated carbocycles. The highest BCUT2D eigenvalue weighted by molar-refractivity contribution is 6.00. The number of halogens is 1. The molecule has 0 bridgehead atoms. The summed E-state index contributed by atoms with van der Waals surface area (Å²) in [6, 6.07) is 5.23. The second kappa shape index (κ2) is 12.5. The van der Waals surface area contributed by atoms with Crippen LogP contribution in [0.4, 0.5) is 0 Å². The minimum atomic E-state index is -0.657. The molecule has 4 rings (SSSR count). The summed E-state index contributed by atoms with van der Waals surface area (Å²) in [5, 5.41) is 5.70. The van der Waals surface area contributed by atoms with E-state index >= 15 is 0 Å². The van der Waals surface area contributed by atoms with Gasteiger partial charge in [0.2, 0.25) is 11.8 Å². The number of benzene rings is 1. The Labute approximate surface area is 205 Å². The second-order valence-electron chi connectivity index (χ2n) is 8.99. The summed E-state index contributed by atoms with van der Waals surface area (Å²) >= 11 is 0. The molecule has 9 nitrogen and oxygen atoms in total. The lowest BCUT2D eigenvalue weighted by Crippen LogP contribution is -2.44. The van der Waals surface area contributed by atoms with Crippen molar-refractivity contribution >= 4 is 35.3 Å². The first-order valence-corrected chi connectivity index (χ1v) is 11.9. The molecule has 0 radical (unpaired) electrons. The fraction of sp³-hybridized carbons (Fsp3) is 0.625. The zero-order valence-electron chi connectivity index (χ0n) is 19.7. The first-order valence-electron chi connectivity index (χ1n) is 11.9. The molecule has 188 valence electrons. The van der Waals surface area contributed by atoms with Crippen LogP contribution in [0.15, 0.2) is 23.0 Å². The quantitative estimate of drug-likeness (QED) is 0.385. The maximum atomic E-state index is 12.8. The van der Waals surface area contributed by atoms with E-state index in [0.29, 0.717) is 37.7 Å². The van der Waals surface area contributed by atoms with Gasteiger partial charge in [0.05, 0.1) is 24.2 Å². The van der Waals surface area contributed by atoms with Gasteiger partial charge in [-0.15, -0.1) is 12.4 Å². The maximum Gasteiger partial charge on any atom is 0.329 e. The molecule has 2 amide bonds. The molecule has 3 heterocycles. The molecule has 1 atom stereocenters. The summed E-state index contributed by atoms with van der Waals surface area (Å²) < 4.78 is 14.5. The van der Waals surface area contributed by atoms with Crippen LogP contribution in [0.3, 0.4) is 0 Å². The van der Waals surface area contributed by atoms with Gasteiger partial charge in [-0.3, -0.25) is 24.0 Å². The molecule has 1 unspecified atom stereocenters. The standard InChI is InChI=1S/C24H34N4O5.ClH/c1-27-21-15-17(3-2-12-32-13-14-33-16-18-8-10-25-11-9-18)4-5-19(21)28(24(27)31)20-6-7-22(29)26-23(20)30;/h4-5,15,18,20,25H,2-3,6-14,16H2,1H3,(H,26,29,30);1H. The van der Waals surface area contributed by atoms with Crippen LogP contribution in [0.1, 0.15) is 43.7 Å². The lowest BCUT2D eigenvalue weighted by molar-refractivity contribution is -0.135. The van der Waals surface area contributed by atoms with Gasteiger partial charge in [-0.25, -0.2) is 4.79 Å². The van der Waals surface area contributed by atoms with Crippen molar-refractivity contribution in [3.05, 3.63) is 34.2 Å². The Kier molecular flexibility index (Phi) is 9.70. The first-order chi connectivity index (χ1) is 16.0. The summed E-state index contributed by atoms with van der Waals surface area (Å²) in [4.78, 5) is 36.6. The van der Waals surface area contributed by atoms with Crippen molar-refractivity contribution in [2.45, 2.75) is 44.6 Å². The van der Waals surface area contributed by atoms with Gasteiger partial charge in [0.15, 0.2) is 0 Å². The fourth-order valence-electron chi connectivity index (χ4n) is 4.69. The van der Waals surface area contributed by atoms with Gasteiger partial charge in [0.25, 0.3) is 0 Å². The molecular formula is C24H35ClN4O5. The number of hydrogen-bond donors (Lipinski definition) is 2. The van der Waals surface area contributed by atoms with Crippen molar-refractivity contribution in [2.75, 3.05) is 39.5 Å². The van der Waals surface area contributed by atoms with Gasteiger partial charge in [-0.2, -0.15) is 0 Å². The number of hydrogen-bond acceptors (Lipinski definition) is 6. The Morgan fingerprint density at radius 3 is 2.53 bits per heavy atom. The number of aromatic nitrogens is 2. The summed E-state index contributed by atoms with van der Waals surface area (Å²) in [6.45, 7) is 4.89. The van der Waals surface area contributed by atoms with E-state index in [1.807, 2.05) is 18.2 Å². The lowest BCUT2D eigenvalue weighted by Gasteiger charge is -2.22. The highest BCUT2D eigenvalue weighted by Gasteiger charge is 2.31. The van der Waals surface area contributed by atoms with E-state index in [1.165, 1.54) is 17.4 Å². The zero-order valence-corrected chi connectivity index (χ0v) is 20.5. The number of nitrogens with zero attached hydrogens (tertiary/aromatic N) is 2. The van der Waals surface area contributed by atoms with Crippen molar-refractivity contribution in [1.29, 1.82) is 0 Å². The van der Waals surface area contributed by atoms with Crippen LogP contribution in [0.25, 0.3) is 11.0 Å². The van der Waals surface area contributed by atoms with E-state index in [1.54, 1.807) is 11.6 Å². The third-order valence-electron chi connectivity index (χ3n) is 6.61. The Balaban J connectivity index is 0.00000324. The van der Waals surface area contributed by atoms with Gasteiger partial charge >= 0.3 is 5.69 Å². The van der Waals surface area contributed by atoms with Crippen molar-refractivity contribution in [2.24, 2.45) is 13.0 Å². The molecule has 2 aliphatic heterocycles. The van der Waals surface area contributed by atoms with Gasteiger partial charge in [-0.05, 0) is 68.8 Å². The van der Waals surface area contributed by atoms with E-state index < -0.39 is 11.9 Å². The van der Waals surface area contributed by atoms with Crippen molar-refractivity contribution in [3.63, 3.8) is 0 Å². The van der Waals surface area contributed by atoms with E-state index in [-0.39, 0.29) is 30.4 Å². The largest absolute Gasteiger partial charge is 0.379 e. The molecule has 0 aliphatic carbocycles. The van der Waals surface area contributed by atoms with Crippen LogP contribution in [0.2, 0.25) is 0 Å². The van der Waals surface area contributed by atoms with E-state index in [0.717, 1.165) is 43.6 Å². The molecule has 2 fully saturated rings. The zero-order chi connectivity index (χ0) is 23.2. The number of piperidine rings is 2. The minimum Gasteiger partial charge on any atom is -0.379 e. The molecule has 2 aliphatic rings. The monoisotopic (exact) mass is 494 g/mol. The number of imidazole rings is 1. The molecule has 34 heavy (non-hydrogen) atoms. The normalized spacial score (nSPS) is 19.3. The summed E-state index contributed by atoms with van der Waals surface area (Å²) in [5.74, 6) is -0.0360. The number of carbonyl (C=O) groups is 2. The average molecular weight is 495 g/mol. The molecular weight excluding hydrogens is 460 g/mol. The first kappa shape index (κ1) is 26.4. The van der Waals surface area contributed by atoms with Crippen LogP contribution in [-0.2, 0) is 32.5 Å². The number of fused-ring (bicyclic) bond motifs is 1. The fourth-order valence-corrected chi connectivity index (χ4v) is 4.69. The van der Waals surface area contributed by atoms with Gasteiger partial charge in [0.1, 0.15) is 6.04 Å². The topological polar surface area (TPSA) is 104 Å². The number of nitrogens with one attached hydrogen (secondary N) is 2. The van der Waals surface area contributed by atoms with Crippen LogP contribution >= 0.6 is 12.4 Å². The van der Waals surface area contributed by atoms with Crippen LogP contribution in [-0.4, -0.2) is 60.5 Å². The van der Waals surface area contributed by atoms with Crippen molar-refractivity contribution in [3.8, 4) is 0 Å². The predicted molar refractivity (Wildman–Crippen MR) is 131 cm³/mol. The summed E-state index contributed by atoms with van der Waals surface area (Å²) in [6.07, 6.45) is 4.66. The van der Waals surface area contributed by atoms with Crippen LogP contribution < -0.4 is 16.3 Å². The molecule has 2 saturated heterocycles. The minimum absolute atomic E-state index is 0. The average Bonchev–Trinajstić information content (AvgIpc) is 3.06. The highest BCUT2D eigenvalue weighted by Crippen LogP contribution is 2.24. The Bertz CT molecular complexity index is 1040. The highest BCUT2D eigenvalue weighted by atomic mass is 35.5. The molecule has 10 heteroatoms. The van der Waals surface area contributed by atoms with Crippen molar-refractivity contribution in [1.82, 2.24) is 19.8 Å². The lowest BCUT2D eigenvalue weighted by atomic mass is 9.99. The van der Waals surface area contributed by atoms with E-state index in [9.17, 15) is 14.4 Å². The number of carbonyl (C=O) groups excluding carboxylic acids is 2. The predicted octanol–water partition coefficient (Wildman–Crippen LogP) is 1.70. The third-order valence-corrected chi connectivity index (χ3v) is 6.61. The molecule has 1 aromatic carbocycles. The smallest absolute Gasteiger partial charge is 0.329 e. The van der Waals surface area contributed by atoms with Gasteiger partial charge < -0.3 is 14.8 Å². The number of rotatable bonds is 10. The summed E-state index contributed by atoms with van der Waals surface area (Å²) in [5.41, 5.74) is 2.37. The molecule has 0 spiro atoms. The maximum absolute atomic E-state index is 12.8. The van der Waals surface area contributed by atoms with Crippen LogP contribution in [0.5, 0.6) is 0 Å². The van der Waals surface area contributed by atoms with Crippen molar-refractivity contribution < 1.29 is 19.1 Å². The number of amides is 2. The molecule has 2 N–H and O–H groups in total. The Hall–Kier alpha value is -2.20. The van der Waals surface area contributed by atoms with Crippen LogP contribution in [0, 0.1) is 5.92 Å². The summed E-state index contributed by atoms with van der Waals surface area (Å²) in [7, 11) is 1.71. The van der Waals surface area contributed by atoms with Gasteiger partial charge in [-0.1, -0.05) is 6.07 Å². The van der Waals surface area contributed by atoms with E-state index in [2.05, 4.69) is 10.6 Å². The molecule has 1 aromatic heterocycles. The third kappa shape index (κ3) is 6.27. The number of aryl methyl sites for hydroxylation is 2. The number of imide groups is 1. The van der Waals surface area contributed by atoms with E-state index in [4.69, 9.17) is 9.47 Å². The Morgan fingerprint density at radius 1 is 1.00 bits per heavy atom. The Morgan fingerprint density at radius 2 is 1.76 bits per heavy atom. The number of ether oxygens (including phenoxy) is 2.